The first-order valence-electron chi connectivity index (χ1n) is 10.8. The molecule has 0 fully saturated rings. The predicted molar refractivity (Wildman–Crippen MR) is 128 cm³/mol. The molecular formula is C28H22N2O3. The van der Waals surface area contributed by atoms with Gasteiger partial charge in [0.15, 0.2) is 0 Å². The van der Waals surface area contributed by atoms with Crippen LogP contribution >= 0.6 is 0 Å². The van der Waals surface area contributed by atoms with Crippen molar-refractivity contribution in [3.05, 3.63) is 113 Å². The quantitative estimate of drug-likeness (QED) is 0.450. The van der Waals surface area contributed by atoms with Crippen LogP contribution in [0.5, 0.6) is 0 Å². The smallest absolute Gasteiger partial charge is 0.262 e. The van der Waals surface area contributed by atoms with Crippen LogP contribution in [0.4, 0.5) is 5.69 Å². The number of hydrogen-bond acceptors (Lipinski definition) is 3. The third-order valence-electron chi connectivity index (χ3n) is 6.04. The summed E-state index contributed by atoms with van der Waals surface area (Å²) in [6.07, 6.45) is 0.225. The number of rotatable bonds is 5. The number of carbonyl (C=O) groups is 3. The molecule has 33 heavy (non-hydrogen) atoms. The first-order chi connectivity index (χ1) is 16.0. The number of carbonyl (C=O) groups excluding carboxylic acids is 3. The molecule has 4 aromatic carbocycles. The fourth-order valence-corrected chi connectivity index (χ4v) is 4.29. The zero-order valence-corrected chi connectivity index (χ0v) is 18.1. The summed E-state index contributed by atoms with van der Waals surface area (Å²) in [7, 11) is 0. The van der Waals surface area contributed by atoms with E-state index in [0.29, 0.717) is 16.8 Å². The summed E-state index contributed by atoms with van der Waals surface area (Å²) in [4.78, 5) is 41.1. The molecule has 5 nitrogen and oxygen atoms in total. The molecule has 0 bridgehead atoms. The van der Waals surface area contributed by atoms with E-state index in [4.69, 9.17) is 0 Å². The van der Waals surface area contributed by atoms with Gasteiger partial charge in [0.2, 0.25) is 5.91 Å². The molecule has 0 saturated carbocycles. The number of benzene rings is 4. The van der Waals surface area contributed by atoms with Gasteiger partial charge in [0.1, 0.15) is 6.04 Å². The van der Waals surface area contributed by atoms with E-state index in [0.717, 1.165) is 26.8 Å². The van der Waals surface area contributed by atoms with E-state index >= 15 is 0 Å². The maximum Gasteiger partial charge on any atom is 0.262 e. The van der Waals surface area contributed by atoms with Gasteiger partial charge in [0, 0.05) is 17.5 Å². The Hall–Kier alpha value is -4.25. The van der Waals surface area contributed by atoms with Crippen molar-refractivity contribution in [2.45, 2.75) is 19.4 Å². The number of aryl methyl sites for hydroxylation is 1. The van der Waals surface area contributed by atoms with E-state index in [1.54, 1.807) is 24.3 Å². The first kappa shape index (κ1) is 20.6. The largest absolute Gasteiger partial charge is 0.324 e. The Balaban J connectivity index is 1.52. The summed E-state index contributed by atoms with van der Waals surface area (Å²) in [5, 5.41) is 4.86. The molecule has 0 aliphatic carbocycles. The van der Waals surface area contributed by atoms with E-state index < -0.39 is 23.8 Å². The second-order valence-corrected chi connectivity index (χ2v) is 8.25. The van der Waals surface area contributed by atoms with Crippen LogP contribution in [0.1, 0.15) is 31.8 Å². The number of imide groups is 1. The van der Waals surface area contributed by atoms with Gasteiger partial charge in [-0.15, -0.1) is 0 Å². The third kappa shape index (κ3) is 3.78. The monoisotopic (exact) mass is 434 g/mol. The molecule has 5 heteroatoms. The van der Waals surface area contributed by atoms with Crippen molar-refractivity contribution in [2.75, 3.05) is 5.32 Å². The lowest BCUT2D eigenvalue weighted by Crippen LogP contribution is -2.48. The minimum atomic E-state index is -0.987. The van der Waals surface area contributed by atoms with Gasteiger partial charge >= 0.3 is 0 Å². The normalized spacial score (nSPS) is 13.8. The number of fused-ring (bicyclic) bond motifs is 2. The van der Waals surface area contributed by atoms with Crippen molar-refractivity contribution >= 4 is 34.2 Å². The second-order valence-electron chi connectivity index (χ2n) is 8.25. The summed E-state index contributed by atoms with van der Waals surface area (Å²) in [5.41, 5.74) is 3.26. The molecule has 1 N–H and O–H groups in total. The Morgan fingerprint density at radius 1 is 0.788 bits per heavy atom. The van der Waals surface area contributed by atoms with Crippen LogP contribution in [-0.2, 0) is 11.2 Å². The van der Waals surface area contributed by atoms with E-state index in [-0.39, 0.29) is 6.42 Å². The Morgan fingerprint density at radius 2 is 1.39 bits per heavy atom. The van der Waals surface area contributed by atoms with Gasteiger partial charge in [-0.05, 0) is 36.1 Å². The molecule has 4 aromatic rings. The molecule has 162 valence electrons. The zero-order valence-electron chi connectivity index (χ0n) is 18.1. The maximum absolute atomic E-state index is 13.6. The summed E-state index contributed by atoms with van der Waals surface area (Å²) in [6, 6.07) is 26.9. The summed E-state index contributed by atoms with van der Waals surface area (Å²) in [6.45, 7) is 1.98. The Labute approximate surface area is 191 Å². The van der Waals surface area contributed by atoms with Gasteiger partial charge in [-0.3, -0.25) is 19.3 Å². The standard InChI is InChI=1S/C28H22N2O3/c1-18-13-15-19(16-14-18)17-25(30-27(32)22-10-4-5-11-23(22)28(30)33)26(31)29-24-12-6-8-20-7-2-3-9-21(20)24/h2-16,25H,17H2,1H3,(H,29,31). The average Bonchev–Trinajstić information content (AvgIpc) is 3.09. The lowest BCUT2D eigenvalue weighted by atomic mass is 10.0. The van der Waals surface area contributed by atoms with Crippen LogP contribution in [0.25, 0.3) is 10.8 Å². The Morgan fingerprint density at radius 3 is 2.09 bits per heavy atom. The molecule has 1 unspecified atom stereocenters. The Bertz CT molecular complexity index is 1350. The highest BCUT2D eigenvalue weighted by atomic mass is 16.2. The average molecular weight is 434 g/mol. The van der Waals surface area contributed by atoms with Crippen LogP contribution in [0.3, 0.4) is 0 Å². The van der Waals surface area contributed by atoms with Crippen molar-refractivity contribution in [2.24, 2.45) is 0 Å². The minimum Gasteiger partial charge on any atom is -0.324 e. The van der Waals surface area contributed by atoms with Gasteiger partial charge in [-0.25, -0.2) is 0 Å². The van der Waals surface area contributed by atoms with Crippen LogP contribution in [0, 0.1) is 6.92 Å². The first-order valence-corrected chi connectivity index (χ1v) is 10.8. The van der Waals surface area contributed by atoms with Gasteiger partial charge in [-0.2, -0.15) is 0 Å². The second kappa shape index (κ2) is 8.36. The summed E-state index contributed by atoms with van der Waals surface area (Å²) < 4.78 is 0. The third-order valence-corrected chi connectivity index (χ3v) is 6.04. The van der Waals surface area contributed by atoms with Crippen molar-refractivity contribution in [1.82, 2.24) is 4.90 Å². The van der Waals surface area contributed by atoms with E-state index in [1.807, 2.05) is 73.7 Å². The molecule has 0 radical (unpaired) electrons. The SMILES string of the molecule is Cc1ccc(CC(C(=O)Nc2cccc3ccccc23)N2C(=O)c3ccccc3C2=O)cc1. The van der Waals surface area contributed by atoms with E-state index in [2.05, 4.69) is 5.32 Å². The summed E-state index contributed by atoms with van der Waals surface area (Å²) in [5.74, 6) is -1.29. The van der Waals surface area contributed by atoms with Gasteiger partial charge in [0.25, 0.3) is 11.8 Å². The van der Waals surface area contributed by atoms with Crippen LogP contribution in [0.15, 0.2) is 91.0 Å². The highest BCUT2D eigenvalue weighted by Crippen LogP contribution is 2.28. The number of nitrogens with zero attached hydrogens (tertiary/aromatic N) is 1. The van der Waals surface area contributed by atoms with Crippen molar-refractivity contribution in [3.63, 3.8) is 0 Å². The molecule has 0 aromatic heterocycles. The topological polar surface area (TPSA) is 66.5 Å². The van der Waals surface area contributed by atoms with Crippen molar-refractivity contribution in [1.29, 1.82) is 0 Å². The molecule has 1 heterocycles. The number of hydrogen-bond donors (Lipinski definition) is 1. The molecule has 5 rings (SSSR count). The van der Waals surface area contributed by atoms with Crippen molar-refractivity contribution in [3.8, 4) is 0 Å². The van der Waals surface area contributed by atoms with Crippen LogP contribution in [-0.4, -0.2) is 28.7 Å². The molecule has 1 atom stereocenters. The van der Waals surface area contributed by atoms with Crippen LogP contribution in [0.2, 0.25) is 0 Å². The minimum absolute atomic E-state index is 0.225. The highest BCUT2D eigenvalue weighted by molar-refractivity contribution is 6.23. The predicted octanol–water partition coefficient (Wildman–Crippen LogP) is 4.99. The molecule has 0 saturated heterocycles. The highest BCUT2D eigenvalue weighted by Gasteiger charge is 2.42. The van der Waals surface area contributed by atoms with Gasteiger partial charge in [0.05, 0.1) is 11.1 Å². The number of anilines is 1. The van der Waals surface area contributed by atoms with Crippen LogP contribution < -0.4 is 5.32 Å². The zero-order chi connectivity index (χ0) is 22.9. The molecular weight excluding hydrogens is 412 g/mol. The van der Waals surface area contributed by atoms with E-state index in [9.17, 15) is 14.4 Å². The fraction of sp³-hybridized carbons (Fsp3) is 0.107. The van der Waals surface area contributed by atoms with E-state index in [1.165, 1.54) is 0 Å². The van der Waals surface area contributed by atoms with Gasteiger partial charge < -0.3 is 5.32 Å². The molecule has 3 amide bonds. The Kier molecular flexibility index (Phi) is 5.23. The summed E-state index contributed by atoms with van der Waals surface area (Å²) >= 11 is 0. The molecule has 0 spiro atoms. The number of nitrogens with one attached hydrogen (secondary N) is 1. The lowest BCUT2D eigenvalue weighted by molar-refractivity contribution is -0.119. The van der Waals surface area contributed by atoms with Crippen molar-refractivity contribution < 1.29 is 14.4 Å². The molecule has 1 aliphatic heterocycles. The maximum atomic E-state index is 13.6. The number of amides is 3. The van der Waals surface area contributed by atoms with Gasteiger partial charge in [-0.1, -0.05) is 78.4 Å². The lowest BCUT2D eigenvalue weighted by Gasteiger charge is -2.26. The fourth-order valence-electron chi connectivity index (χ4n) is 4.29. The molecule has 1 aliphatic rings.